The number of nitrogens with zero attached hydrogens (tertiary/aromatic N) is 4. The summed E-state index contributed by atoms with van der Waals surface area (Å²) < 4.78 is 1.88. The molecule has 2 heterocycles. The summed E-state index contributed by atoms with van der Waals surface area (Å²) in [6.07, 6.45) is 5.51. The van der Waals surface area contributed by atoms with E-state index in [-0.39, 0.29) is 6.10 Å². The van der Waals surface area contributed by atoms with Gasteiger partial charge in [0.1, 0.15) is 12.2 Å². The van der Waals surface area contributed by atoms with E-state index in [0.717, 1.165) is 18.7 Å². The third kappa shape index (κ3) is 4.03. The van der Waals surface area contributed by atoms with Gasteiger partial charge in [-0.25, -0.2) is 9.67 Å². The van der Waals surface area contributed by atoms with E-state index >= 15 is 0 Å². The first-order valence-electron chi connectivity index (χ1n) is 7.89. The molecule has 1 aromatic rings. The highest BCUT2D eigenvalue weighted by Gasteiger charge is 2.22. The fraction of sp³-hybridized carbons (Fsp3) is 0.867. The highest BCUT2D eigenvalue weighted by Crippen LogP contribution is 2.22. The van der Waals surface area contributed by atoms with Crippen molar-refractivity contribution in [2.45, 2.75) is 65.1 Å². The number of aromatic nitrogens is 3. The summed E-state index contributed by atoms with van der Waals surface area (Å²) in [4.78, 5) is 6.92. The van der Waals surface area contributed by atoms with Crippen molar-refractivity contribution in [1.82, 2.24) is 19.7 Å². The van der Waals surface area contributed by atoms with Gasteiger partial charge in [0.2, 0.25) is 0 Å². The molecule has 1 N–H and O–H groups in total. The molecule has 0 bridgehead atoms. The highest BCUT2D eigenvalue weighted by atomic mass is 16.3. The van der Waals surface area contributed by atoms with Crippen molar-refractivity contribution in [3.63, 3.8) is 0 Å². The van der Waals surface area contributed by atoms with Crippen LogP contribution < -0.4 is 0 Å². The number of piperidine rings is 1. The molecule has 114 valence electrons. The zero-order valence-corrected chi connectivity index (χ0v) is 13.0. The second kappa shape index (κ2) is 7.18. The maximum Gasteiger partial charge on any atom is 0.138 e. The minimum Gasteiger partial charge on any atom is -0.391 e. The molecule has 0 radical (unpaired) electrons. The van der Waals surface area contributed by atoms with Crippen molar-refractivity contribution in [3.05, 3.63) is 12.2 Å². The molecule has 0 aliphatic carbocycles. The predicted molar refractivity (Wildman–Crippen MR) is 79.5 cm³/mol. The van der Waals surface area contributed by atoms with Crippen LogP contribution in [0, 0.1) is 5.92 Å². The van der Waals surface area contributed by atoms with E-state index < -0.39 is 0 Å². The van der Waals surface area contributed by atoms with Crippen molar-refractivity contribution in [2.75, 3.05) is 13.1 Å². The van der Waals surface area contributed by atoms with Crippen LogP contribution in [0.5, 0.6) is 0 Å². The molecule has 0 aromatic carbocycles. The van der Waals surface area contributed by atoms with Crippen molar-refractivity contribution in [2.24, 2.45) is 5.92 Å². The first kappa shape index (κ1) is 15.4. The number of hydrogen-bond donors (Lipinski definition) is 1. The van der Waals surface area contributed by atoms with Crippen LogP contribution >= 0.6 is 0 Å². The predicted octanol–water partition coefficient (Wildman–Crippen LogP) is 1.71. The molecule has 2 rings (SSSR count). The summed E-state index contributed by atoms with van der Waals surface area (Å²) in [7, 11) is 0. The second-order valence-corrected chi connectivity index (χ2v) is 6.20. The third-order valence-corrected chi connectivity index (χ3v) is 4.40. The lowest BCUT2D eigenvalue weighted by Crippen LogP contribution is -2.39. The molecule has 0 spiro atoms. The van der Waals surface area contributed by atoms with Crippen molar-refractivity contribution >= 4 is 0 Å². The van der Waals surface area contributed by atoms with E-state index in [0.29, 0.717) is 18.5 Å². The first-order valence-corrected chi connectivity index (χ1v) is 7.89. The normalized spacial score (nSPS) is 19.6. The lowest BCUT2D eigenvalue weighted by Gasteiger charge is -2.34. The highest BCUT2D eigenvalue weighted by molar-refractivity contribution is 4.90. The molecule has 5 nitrogen and oxygen atoms in total. The Morgan fingerprint density at radius 2 is 2.05 bits per heavy atom. The maximum atomic E-state index is 9.76. The van der Waals surface area contributed by atoms with E-state index in [1.807, 2.05) is 11.6 Å². The molecule has 0 saturated carbocycles. The molecular formula is C15H28N4O. The van der Waals surface area contributed by atoms with E-state index in [9.17, 15) is 5.11 Å². The summed E-state index contributed by atoms with van der Waals surface area (Å²) in [6.45, 7) is 9.47. The van der Waals surface area contributed by atoms with Gasteiger partial charge in [-0.15, -0.1) is 0 Å². The number of aliphatic hydroxyl groups is 1. The molecule has 1 atom stereocenters. The van der Waals surface area contributed by atoms with Crippen LogP contribution in [0.25, 0.3) is 0 Å². The van der Waals surface area contributed by atoms with Crippen LogP contribution in [0.2, 0.25) is 0 Å². The van der Waals surface area contributed by atoms with Gasteiger partial charge >= 0.3 is 0 Å². The fourth-order valence-electron chi connectivity index (χ4n) is 2.86. The van der Waals surface area contributed by atoms with Gasteiger partial charge in [0, 0.05) is 12.5 Å². The van der Waals surface area contributed by atoms with Crippen molar-refractivity contribution in [1.29, 1.82) is 0 Å². The zero-order chi connectivity index (χ0) is 14.5. The SMILES string of the molecule is CC[C@H](O)Cn1ncnc1CC1CCN(C(C)C)CC1. The topological polar surface area (TPSA) is 54.2 Å². The van der Waals surface area contributed by atoms with Gasteiger partial charge in [-0.2, -0.15) is 5.10 Å². The summed E-state index contributed by atoms with van der Waals surface area (Å²) in [6, 6.07) is 0.652. The average molecular weight is 280 g/mol. The molecule has 0 unspecified atom stereocenters. The minimum atomic E-state index is -0.321. The van der Waals surface area contributed by atoms with Crippen molar-refractivity contribution in [3.8, 4) is 0 Å². The van der Waals surface area contributed by atoms with Crippen LogP contribution in [0.4, 0.5) is 0 Å². The van der Waals surface area contributed by atoms with Crippen LogP contribution in [0.3, 0.4) is 0 Å². The molecule has 1 aromatic heterocycles. The number of hydrogen-bond acceptors (Lipinski definition) is 4. The van der Waals surface area contributed by atoms with Gasteiger partial charge in [0.25, 0.3) is 0 Å². The first-order chi connectivity index (χ1) is 9.60. The third-order valence-electron chi connectivity index (χ3n) is 4.40. The minimum absolute atomic E-state index is 0.321. The largest absolute Gasteiger partial charge is 0.391 e. The molecule has 20 heavy (non-hydrogen) atoms. The Morgan fingerprint density at radius 3 is 2.65 bits per heavy atom. The van der Waals surface area contributed by atoms with Gasteiger partial charge in [0.05, 0.1) is 12.6 Å². The number of rotatable bonds is 6. The second-order valence-electron chi connectivity index (χ2n) is 6.20. The van der Waals surface area contributed by atoms with Gasteiger partial charge in [-0.3, -0.25) is 0 Å². The van der Waals surface area contributed by atoms with Crippen LogP contribution in [0.15, 0.2) is 6.33 Å². The molecule has 0 amide bonds. The molecular weight excluding hydrogens is 252 g/mol. The smallest absolute Gasteiger partial charge is 0.138 e. The monoisotopic (exact) mass is 280 g/mol. The Bertz CT molecular complexity index is 396. The summed E-state index contributed by atoms with van der Waals surface area (Å²) in [5.41, 5.74) is 0. The van der Waals surface area contributed by atoms with Crippen LogP contribution in [0.1, 0.15) is 45.9 Å². The van der Waals surface area contributed by atoms with E-state index in [2.05, 4.69) is 28.8 Å². The van der Waals surface area contributed by atoms with E-state index in [4.69, 9.17) is 0 Å². The van der Waals surface area contributed by atoms with Crippen LogP contribution in [-0.4, -0.2) is 50.0 Å². The molecule has 1 fully saturated rings. The summed E-state index contributed by atoms with van der Waals surface area (Å²) >= 11 is 0. The quantitative estimate of drug-likeness (QED) is 0.862. The lowest BCUT2D eigenvalue weighted by molar-refractivity contribution is 0.137. The number of likely N-dealkylation sites (tertiary alicyclic amines) is 1. The Labute approximate surface area is 122 Å². The maximum absolute atomic E-state index is 9.76. The summed E-state index contributed by atoms with van der Waals surface area (Å²) in [5.74, 6) is 1.73. The average Bonchev–Trinajstić information content (AvgIpc) is 2.86. The Balaban J connectivity index is 1.87. The summed E-state index contributed by atoms with van der Waals surface area (Å²) in [5, 5.41) is 14.0. The van der Waals surface area contributed by atoms with Gasteiger partial charge in [-0.1, -0.05) is 6.92 Å². The fourth-order valence-corrected chi connectivity index (χ4v) is 2.86. The van der Waals surface area contributed by atoms with E-state index in [1.165, 1.54) is 25.9 Å². The van der Waals surface area contributed by atoms with Gasteiger partial charge in [-0.05, 0) is 52.1 Å². The molecule has 1 saturated heterocycles. The van der Waals surface area contributed by atoms with Gasteiger partial charge < -0.3 is 10.0 Å². The van der Waals surface area contributed by atoms with Crippen molar-refractivity contribution < 1.29 is 5.11 Å². The van der Waals surface area contributed by atoms with E-state index in [1.54, 1.807) is 6.33 Å². The molecule has 1 aliphatic heterocycles. The standard InChI is InChI=1S/C15H28N4O/c1-4-14(20)10-19-15(16-11-17-19)9-13-5-7-18(8-6-13)12(2)3/h11-14,20H,4-10H2,1-3H3/t14-/m0/s1. The lowest BCUT2D eigenvalue weighted by atomic mass is 9.92. The van der Waals surface area contributed by atoms with Gasteiger partial charge in [0.15, 0.2) is 0 Å². The molecule has 5 heteroatoms. The molecule has 1 aliphatic rings. The Hall–Kier alpha value is -0.940. The number of aliphatic hydroxyl groups excluding tert-OH is 1. The zero-order valence-electron chi connectivity index (χ0n) is 13.0. The Kier molecular flexibility index (Phi) is 5.54. The Morgan fingerprint density at radius 1 is 1.35 bits per heavy atom. The van der Waals surface area contributed by atoms with Crippen LogP contribution in [-0.2, 0) is 13.0 Å².